The van der Waals surface area contributed by atoms with Crippen LogP contribution >= 0.6 is 0 Å². The second-order valence-corrected chi connectivity index (χ2v) is 10.8. The van der Waals surface area contributed by atoms with E-state index in [9.17, 15) is 19.7 Å². The Hall–Kier alpha value is -3.69. The van der Waals surface area contributed by atoms with Gasteiger partial charge in [0.25, 0.3) is 5.69 Å². The molecule has 0 radical (unpaired) electrons. The molecule has 36 heavy (non-hydrogen) atoms. The van der Waals surface area contributed by atoms with E-state index in [1.54, 1.807) is 46.4 Å². The number of imide groups is 1. The highest BCUT2D eigenvalue weighted by atomic mass is 19.1. The van der Waals surface area contributed by atoms with Gasteiger partial charge in [-0.3, -0.25) is 10.1 Å². The highest BCUT2D eigenvalue weighted by Gasteiger charge is 2.40. The molecule has 0 N–H and O–H groups in total. The van der Waals surface area contributed by atoms with E-state index in [1.165, 1.54) is 6.07 Å². The van der Waals surface area contributed by atoms with Gasteiger partial charge in [0, 0.05) is 19.2 Å². The number of nitrogens with zero attached hydrogens (tertiary/aromatic N) is 3. The Morgan fingerprint density at radius 3 is 2.11 bits per heavy atom. The number of halogens is 1. The van der Waals surface area contributed by atoms with Gasteiger partial charge < -0.3 is 14.4 Å². The van der Waals surface area contributed by atoms with Gasteiger partial charge in [0.05, 0.1) is 10.6 Å². The molecular weight excluding hydrogens is 469 g/mol. The van der Waals surface area contributed by atoms with Crippen molar-refractivity contribution in [1.29, 1.82) is 0 Å². The maximum absolute atomic E-state index is 16.2. The Labute approximate surface area is 209 Å². The van der Waals surface area contributed by atoms with Gasteiger partial charge in [0.1, 0.15) is 11.2 Å². The predicted octanol–water partition coefficient (Wildman–Crippen LogP) is 6.28. The number of carbonyl (C=O) groups is 2. The van der Waals surface area contributed by atoms with Crippen molar-refractivity contribution in [1.82, 2.24) is 0 Å². The number of fused-ring (bicyclic) bond motifs is 1. The van der Waals surface area contributed by atoms with Crippen molar-refractivity contribution in [2.45, 2.75) is 72.6 Å². The van der Waals surface area contributed by atoms with Gasteiger partial charge in [-0.25, -0.2) is 14.0 Å². The van der Waals surface area contributed by atoms with Crippen molar-refractivity contribution in [3.63, 3.8) is 0 Å². The minimum Gasteiger partial charge on any atom is -0.443 e. The number of anilines is 2. The number of amides is 2. The second-order valence-electron chi connectivity index (χ2n) is 10.8. The van der Waals surface area contributed by atoms with Gasteiger partial charge in [-0.05, 0) is 72.1 Å². The first-order valence-corrected chi connectivity index (χ1v) is 11.6. The fourth-order valence-corrected chi connectivity index (χ4v) is 3.91. The van der Waals surface area contributed by atoms with E-state index in [0.717, 1.165) is 22.8 Å². The molecule has 0 saturated carbocycles. The van der Waals surface area contributed by atoms with Gasteiger partial charge >= 0.3 is 12.2 Å². The quantitative estimate of drug-likeness (QED) is 0.360. The average molecular weight is 502 g/mol. The Kier molecular flexibility index (Phi) is 7.29. The molecule has 2 aromatic carbocycles. The number of rotatable bonds is 3. The first-order chi connectivity index (χ1) is 16.6. The largest absolute Gasteiger partial charge is 0.443 e. The third kappa shape index (κ3) is 6.10. The van der Waals surface area contributed by atoms with Crippen molar-refractivity contribution in [3.05, 3.63) is 63.0 Å². The first-order valence-electron chi connectivity index (χ1n) is 11.6. The molecule has 2 amide bonds. The molecule has 1 aliphatic rings. The number of carbonyl (C=O) groups excluding carboxylic acids is 2. The molecule has 0 unspecified atom stereocenters. The summed E-state index contributed by atoms with van der Waals surface area (Å²) in [5.41, 5.74) is -0.406. The third-order valence-electron chi connectivity index (χ3n) is 5.36. The summed E-state index contributed by atoms with van der Waals surface area (Å²) < 4.78 is 26.8. The maximum Gasteiger partial charge on any atom is 0.424 e. The number of ether oxygens (including phenoxy) is 2. The summed E-state index contributed by atoms with van der Waals surface area (Å²) in [7, 11) is 0. The van der Waals surface area contributed by atoms with Crippen LogP contribution in [-0.4, -0.2) is 34.9 Å². The van der Waals surface area contributed by atoms with Crippen LogP contribution < -0.4 is 9.80 Å². The van der Waals surface area contributed by atoms with E-state index in [0.29, 0.717) is 19.5 Å². The van der Waals surface area contributed by atoms with Crippen LogP contribution in [0.25, 0.3) is 0 Å². The Bertz CT molecular complexity index is 1170. The predicted molar refractivity (Wildman–Crippen MR) is 134 cm³/mol. The molecule has 9 nitrogen and oxygen atoms in total. The summed E-state index contributed by atoms with van der Waals surface area (Å²) in [6.07, 6.45) is -1.92. The fraction of sp³-hybridized carbons (Fsp3) is 0.462. The lowest BCUT2D eigenvalue weighted by molar-refractivity contribution is -0.384. The lowest BCUT2D eigenvalue weighted by Gasteiger charge is -2.33. The zero-order valence-corrected chi connectivity index (χ0v) is 21.7. The first kappa shape index (κ1) is 26.9. The zero-order chi connectivity index (χ0) is 27.0. The van der Waals surface area contributed by atoms with Crippen LogP contribution in [0.15, 0.2) is 30.3 Å². The van der Waals surface area contributed by atoms with Crippen molar-refractivity contribution >= 4 is 29.2 Å². The van der Waals surface area contributed by atoms with E-state index in [-0.39, 0.29) is 10.6 Å². The van der Waals surface area contributed by atoms with Gasteiger partial charge in [-0.15, -0.1) is 0 Å². The maximum atomic E-state index is 16.2. The van der Waals surface area contributed by atoms with Crippen LogP contribution in [0.1, 0.15) is 58.2 Å². The normalized spacial score (nSPS) is 13.6. The fourth-order valence-electron chi connectivity index (χ4n) is 3.91. The summed E-state index contributed by atoms with van der Waals surface area (Å²) in [6.45, 7) is 12.2. The van der Waals surface area contributed by atoms with Crippen LogP contribution in [0, 0.1) is 22.9 Å². The number of benzene rings is 2. The van der Waals surface area contributed by atoms with E-state index in [2.05, 4.69) is 6.07 Å². The van der Waals surface area contributed by atoms with Crippen LogP contribution in [0.5, 0.6) is 0 Å². The molecule has 0 atom stereocenters. The molecule has 0 aromatic heterocycles. The molecule has 1 heterocycles. The summed E-state index contributed by atoms with van der Waals surface area (Å²) in [6, 6.07) is 8.39. The number of hydrogen-bond donors (Lipinski definition) is 0. The van der Waals surface area contributed by atoms with Crippen LogP contribution in [0.3, 0.4) is 0 Å². The van der Waals surface area contributed by atoms with Crippen LogP contribution in [0.2, 0.25) is 0 Å². The summed E-state index contributed by atoms with van der Waals surface area (Å²) in [5, 5.41) is 11.9. The molecule has 0 fully saturated rings. The average Bonchev–Trinajstić information content (AvgIpc) is 2.72. The van der Waals surface area contributed by atoms with Crippen molar-refractivity contribution < 1.29 is 28.4 Å². The number of aryl methyl sites for hydroxylation is 1. The highest BCUT2D eigenvalue weighted by molar-refractivity contribution is 6.11. The van der Waals surface area contributed by atoms with Crippen molar-refractivity contribution in [2.24, 2.45) is 0 Å². The molecule has 1 aliphatic heterocycles. The van der Waals surface area contributed by atoms with E-state index in [4.69, 9.17) is 9.47 Å². The number of nitro benzene ring substituents is 1. The third-order valence-corrected chi connectivity index (χ3v) is 5.36. The Morgan fingerprint density at radius 1 is 1.00 bits per heavy atom. The zero-order valence-electron chi connectivity index (χ0n) is 21.7. The standard InChI is InChI=1S/C26H32FN3O6/c1-16-8-9-18-15-28(13-12-17(18)14-16)19-10-11-20(30(33)34)22(21(19)27)29(23(31)35-25(2,3)4)24(32)36-26(5,6)7/h8-11,14H,12-13,15H2,1-7H3. The second kappa shape index (κ2) is 9.75. The van der Waals surface area contributed by atoms with Crippen molar-refractivity contribution in [3.8, 4) is 0 Å². The highest BCUT2D eigenvalue weighted by Crippen LogP contribution is 2.39. The van der Waals surface area contributed by atoms with E-state index >= 15 is 4.39 Å². The lowest BCUT2D eigenvalue weighted by Crippen LogP contribution is -2.44. The molecule has 3 rings (SSSR count). The van der Waals surface area contributed by atoms with E-state index in [1.807, 2.05) is 19.1 Å². The molecule has 2 aromatic rings. The number of hydrogen-bond acceptors (Lipinski definition) is 7. The molecule has 194 valence electrons. The lowest BCUT2D eigenvalue weighted by atomic mass is 9.97. The summed E-state index contributed by atoms with van der Waals surface area (Å²) in [4.78, 5) is 39.2. The van der Waals surface area contributed by atoms with Gasteiger partial charge in [-0.1, -0.05) is 23.8 Å². The van der Waals surface area contributed by atoms with Crippen molar-refractivity contribution in [2.75, 3.05) is 16.3 Å². The summed E-state index contributed by atoms with van der Waals surface area (Å²) >= 11 is 0. The monoisotopic (exact) mass is 501 g/mol. The molecule has 0 saturated heterocycles. The molecule has 0 aliphatic carbocycles. The molecule has 10 heteroatoms. The Balaban J connectivity index is 2.14. The van der Waals surface area contributed by atoms with Gasteiger partial charge in [0.2, 0.25) is 0 Å². The Morgan fingerprint density at radius 2 is 1.58 bits per heavy atom. The van der Waals surface area contributed by atoms with Gasteiger partial charge in [0.15, 0.2) is 11.5 Å². The molecule has 0 bridgehead atoms. The molecule has 0 spiro atoms. The van der Waals surface area contributed by atoms with E-state index < -0.39 is 45.5 Å². The van der Waals surface area contributed by atoms with Crippen LogP contribution in [0.4, 0.5) is 31.0 Å². The SMILES string of the molecule is Cc1ccc2c(c1)CCN(c1ccc([N+](=O)[O-])c(N(C(=O)OC(C)(C)C)C(=O)OC(C)(C)C)c1F)C2. The minimum absolute atomic E-state index is 0.0268. The topological polar surface area (TPSA) is 102 Å². The van der Waals surface area contributed by atoms with Crippen LogP contribution in [-0.2, 0) is 22.4 Å². The molecular formula is C26H32FN3O6. The number of nitro groups is 1. The minimum atomic E-state index is -1.28. The van der Waals surface area contributed by atoms with Gasteiger partial charge in [-0.2, -0.15) is 4.90 Å². The smallest absolute Gasteiger partial charge is 0.424 e. The summed E-state index contributed by atoms with van der Waals surface area (Å²) in [5.74, 6) is -1.09.